The molecule has 2 N–H and O–H groups in total. The Labute approximate surface area is 108 Å². The van der Waals surface area contributed by atoms with Crippen molar-refractivity contribution < 1.29 is 9.53 Å². The number of nitrogens with two attached hydrogens (primary N) is 1. The molecule has 0 radical (unpaired) electrons. The zero-order valence-corrected chi connectivity index (χ0v) is 10.8. The Balaban J connectivity index is 1.73. The van der Waals surface area contributed by atoms with Gasteiger partial charge < -0.3 is 15.4 Å². The van der Waals surface area contributed by atoms with Gasteiger partial charge in [-0.05, 0) is 31.4 Å². The number of carbonyl (C=O) groups excluding carboxylic acids is 1. The molecular formula is C14H20N2O2. The Kier molecular flexibility index (Phi) is 4.07. The summed E-state index contributed by atoms with van der Waals surface area (Å²) in [5, 5.41) is 0. The van der Waals surface area contributed by atoms with Crippen LogP contribution in [0, 0.1) is 0 Å². The summed E-state index contributed by atoms with van der Waals surface area (Å²) in [5.74, 6) is 0.873. The van der Waals surface area contributed by atoms with Crippen LogP contribution >= 0.6 is 0 Å². The molecular weight excluding hydrogens is 228 g/mol. The number of benzene rings is 1. The second kappa shape index (κ2) is 5.76. The summed E-state index contributed by atoms with van der Waals surface area (Å²) in [6, 6.07) is 7.70. The average molecular weight is 248 g/mol. The molecule has 1 aromatic rings. The maximum absolute atomic E-state index is 11.9. The van der Waals surface area contributed by atoms with Gasteiger partial charge in [-0.25, -0.2) is 0 Å². The van der Waals surface area contributed by atoms with E-state index in [4.69, 9.17) is 10.5 Å². The van der Waals surface area contributed by atoms with Gasteiger partial charge in [0.15, 0.2) is 0 Å². The van der Waals surface area contributed by atoms with Gasteiger partial charge in [-0.1, -0.05) is 6.07 Å². The number of nitrogen functional groups attached to an aromatic ring is 1. The summed E-state index contributed by atoms with van der Waals surface area (Å²) in [6.45, 7) is 0.402. The lowest BCUT2D eigenvalue weighted by Crippen LogP contribution is -2.41. The third-order valence-corrected chi connectivity index (χ3v) is 3.46. The topological polar surface area (TPSA) is 55.6 Å². The van der Waals surface area contributed by atoms with Crippen molar-refractivity contribution in [1.29, 1.82) is 0 Å². The van der Waals surface area contributed by atoms with Crippen molar-refractivity contribution in [2.45, 2.75) is 31.7 Å². The smallest absolute Gasteiger partial charge is 0.225 e. The average Bonchev–Trinajstić information content (AvgIpc) is 2.26. The fourth-order valence-electron chi connectivity index (χ4n) is 2.01. The lowest BCUT2D eigenvalue weighted by Gasteiger charge is -2.34. The normalized spacial score (nSPS) is 14.9. The summed E-state index contributed by atoms with van der Waals surface area (Å²) in [7, 11) is 1.88. The minimum absolute atomic E-state index is 0.156. The van der Waals surface area contributed by atoms with Crippen LogP contribution in [0.2, 0.25) is 0 Å². The molecule has 0 aliphatic heterocycles. The predicted octanol–water partition coefficient (Wildman–Crippen LogP) is 2.05. The lowest BCUT2D eigenvalue weighted by atomic mass is 9.92. The number of anilines is 1. The third-order valence-electron chi connectivity index (χ3n) is 3.46. The minimum atomic E-state index is 0.156. The van der Waals surface area contributed by atoms with Gasteiger partial charge in [0.05, 0.1) is 13.0 Å². The number of nitrogens with zero attached hydrogens (tertiary/aromatic N) is 1. The molecule has 0 heterocycles. The minimum Gasteiger partial charge on any atom is -0.493 e. The Hall–Kier alpha value is -1.71. The van der Waals surface area contributed by atoms with E-state index < -0.39 is 0 Å². The Bertz CT molecular complexity index is 416. The molecule has 1 aliphatic rings. The molecule has 0 atom stereocenters. The number of hydrogen-bond donors (Lipinski definition) is 1. The third kappa shape index (κ3) is 3.15. The van der Waals surface area contributed by atoms with Crippen LogP contribution in [0.25, 0.3) is 0 Å². The lowest BCUT2D eigenvalue weighted by molar-refractivity contribution is -0.133. The number of carbonyl (C=O) groups is 1. The van der Waals surface area contributed by atoms with E-state index in [9.17, 15) is 4.79 Å². The van der Waals surface area contributed by atoms with Crippen LogP contribution in [0.3, 0.4) is 0 Å². The van der Waals surface area contributed by atoms with Gasteiger partial charge in [0, 0.05) is 24.8 Å². The molecule has 2 rings (SSSR count). The highest BCUT2D eigenvalue weighted by atomic mass is 16.5. The Morgan fingerprint density at radius 1 is 1.50 bits per heavy atom. The Morgan fingerprint density at radius 3 is 2.89 bits per heavy atom. The SMILES string of the molecule is CN(C(=O)CCOc1cccc(N)c1)C1CCC1. The summed E-state index contributed by atoms with van der Waals surface area (Å²) < 4.78 is 5.51. The summed E-state index contributed by atoms with van der Waals surface area (Å²) in [5.41, 5.74) is 6.32. The standard InChI is InChI=1S/C14H20N2O2/c1-16(12-5-3-6-12)14(17)8-9-18-13-7-2-4-11(15)10-13/h2,4,7,10,12H,3,5-6,8-9,15H2,1H3. The highest BCUT2D eigenvalue weighted by molar-refractivity contribution is 5.76. The molecule has 0 bridgehead atoms. The van der Waals surface area contributed by atoms with E-state index in [1.54, 1.807) is 6.07 Å². The first-order valence-electron chi connectivity index (χ1n) is 6.41. The van der Waals surface area contributed by atoms with Crippen LogP contribution in [-0.4, -0.2) is 30.5 Å². The first-order valence-corrected chi connectivity index (χ1v) is 6.41. The zero-order chi connectivity index (χ0) is 13.0. The van der Waals surface area contributed by atoms with E-state index in [1.807, 2.05) is 30.1 Å². The molecule has 1 aliphatic carbocycles. The van der Waals surface area contributed by atoms with Crippen LogP contribution in [0.4, 0.5) is 5.69 Å². The molecule has 1 aromatic carbocycles. The van der Waals surface area contributed by atoms with Crippen molar-refractivity contribution in [3.8, 4) is 5.75 Å². The number of amides is 1. The van der Waals surface area contributed by atoms with E-state index in [2.05, 4.69) is 0 Å². The maximum atomic E-state index is 11.9. The Morgan fingerprint density at radius 2 is 2.28 bits per heavy atom. The van der Waals surface area contributed by atoms with Crippen LogP contribution in [-0.2, 0) is 4.79 Å². The summed E-state index contributed by atoms with van der Waals surface area (Å²) >= 11 is 0. The van der Waals surface area contributed by atoms with Crippen LogP contribution in [0.15, 0.2) is 24.3 Å². The van der Waals surface area contributed by atoms with Crippen molar-refractivity contribution >= 4 is 11.6 Å². The number of rotatable bonds is 5. The summed E-state index contributed by atoms with van der Waals surface area (Å²) in [4.78, 5) is 13.7. The highest BCUT2D eigenvalue weighted by Crippen LogP contribution is 2.24. The van der Waals surface area contributed by atoms with E-state index in [1.165, 1.54) is 6.42 Å². The van der Waals surface area contributed by atoms with Gasteiger partial charge in [0.1, 0.15) is 5.75 Å². The maximum Gasteiger partial charge on any atom is 0.225 e. The second-order valence-electron chi connectivity index (χ2n) is 4.76. The molecule has 0 saturated heterocycles. The van der Waals surface area contributed by atoms with Crippen molar-refractivity contribution in [1.82, 2.24) is 4.90 Å². The first-order chi connectivity index (χ1) is 8.66. The largest absolute Gasteiger partial charge is 0.493 e. The molecule has 4 nitrogen and oxygen atoms in total. The van der Waals surface area contributed by atoms with E-state index in [0.29, 0.717) is 30.5 Å². The fourth-order valence-corrected chi connectivity index (χ4v) is 2.01. The number of hydrogen-bond acceptors (Lipinski definition) is 3. The molecule has 98 valence electrons. The van der Waals surface area contributed by atoms with Gasteiger partial charge in [-0.3, -0.25) is 4.79 Å². The zero-order valence-electron chi connectivity index (χ0n) is 10.8. The molecule has 1 amide bonds. The van der Waals surface area contributed by atoms with Gasteiger partial charge in [-0.2, -0.15) is 0 Å². The van der Waals surface area contributed by atoms with Crippen molar-refractivity contribution in [2.75, 3.05) is 19.4 Å². The highest BCUT2D eigenvalue weighted by Gasteiger charge is 2.25. The van der Waals surface area contributed by atoms with Gasteiger partial charge in [-0.15, -0.1) is 0 Å². The van der Waals surface area contributed by atoms with Crippen LogP contribution in [0.1, 0.15) is 25.7 Å². The number of ether oxygens (including phenoxy) is 1. The molecule has 4 heteroatoms. The molecule has 18 heavy (non-hydrogen) atoms. The molecule has 0 unspecified atom stereocenters. The van der Waals surface area contributed by atoms with Crippen LogP contribution in [0.5, 0.6) is 5.75 Å². The van der Waals surface area contributed by atoms with E-state index in [0.717, 1.165) is 12.8 Å². The van der Waals surface area contributed by atoms with Crippen molar-refractivity contribution in [3.63, 3.8) is 0 Å². The first kappa shape index (κ1) is 12.7. The predicted molar refractivity (Wildman–Crippen MR) is 71.4 cm³/mol. The monoisotopic (exact) mass is 248 g/mol. The van der Waals surface area contributed by atoms with E-state index >= 15 is 0 Å². The van der Waals surface area contributed by atoms with Gasteiger partial charge >= 0.3 is 0 Å². The van der Waals surface area contributed by atoms with E-state index in [-0.39, 0.29) is 5.91 Å². The quantitative estimate of drug-likeness (QED) is 0.811. The van der Waals surface area contributed by atoms with Gasteiger partial charge in [0.2, 0.25) is 5.91 Å². The molecule has 1 fully saturated rings. The molecule has 0 aromatic heterocycles. The van der Waals surface area contributed by atoms with Crippen LogP contribution < -0.4 is 10.5 Å². The molecule has 0 spiro atoms. The van der Waals surface area contributed by atoms with Crippen molar-refractivity contribution in [3.05, 3.63) is 24.3 Å². The fraction of sp³-hybridized carbons (Fsp3) is 0.500. The molecule has 1 saturated carbocycles. The summed E-state index contributed by atoms with van der Waals surface area (Å²) in [6.07, 6.45) is 3.93. The second-order valence-corrected chi connectivity index (χ2v) is 4.76. The van der Waals surface area contributed by atoms with Crippen molar-refractivity contribution in [2.24, 2.45) is 0 Å². The van der Waals surface area contributed by atoms with Gasteiger partial charge in [0.25, 0.3) is 0 Å².